The first kappa shape index (κ1) is 9.63. The van der Waals surface area contributed by atoms with E-state index in [9.17, 15) is 0 Å². The molecule has 12 nitrogen and oxygen atoms in total. The number of nitrogens with two attached hydrogens (primary N) is 2. The molecule has 0 amide bonds. The average molecular weight is 220 g/mol. The van der Waals surface area contributed by atoms with Crippen LogP contribution in [0.15, 0.2) is 10.2 Å². The van der Waals surface area contributed by atoms with E-state index in [-0.39, 0.29) is 23.8 Å². The molecule has 0 radical (unpaired) electrons. The molecule has 0 saturated carbocycles. The Bertz CT molecular complexity index is 438. The van der Waals surface area contributed by atoms with Crippen LogP contribution < -0.4 is 11.5 Å². The van der Waals surface area contributed by atoms with Crippen molar-refractivity contribution in [3.8, 4) is 0 Å². The largest absolute Gasteiger partial charge is 0.365 e. The molecule has 0 aliphatic heterocycles. The molecule has 0 fully saturated rings. The molecular weight excluding hydrogens is 216 g/mol. The number of hydrogen-bond donors (Lipinski definition) is 2. The summed E-state index contributed by atoms with van der Waals surface area (Å²) < 4.78 is 0. The fraction of sp³-hybridized carbons (Fsp3) is 0. The van der Waals surface area contributed by atoms with Gasteiger partial charge in [0, 0.05) is 0 Å². The van der Waals surface area contributed by atoms with Crippen molar-refractivity contribution >= 4 is 23.8 Å². The number of nitrogens with zero attached hydrogens (tertiary/aromatic N) is 10. The van der Waals surface area contributed by atoms with Gasteiger partial charge in [0.05, 0.1) is 0 Å². The molecule has 0 aliphatic carbocycles. The Morgan fingerprint density at radius 3 is 1.19 bits per heavy atom. The Morgan fingerprint density at radius 1 is 0.562 bits per heavy atom. The van der Waals surface area contributed by atoms with E-state index < -0.39 is 0 Å². The monoisotopic (exact) mass is 220 g/mol. The number of aromatic nitrogens is 8. The van der Waals surface area contributed by atoms with Crippen molar-refractivity contribution in [3.05, 3.63) is 0 Å². The van der Waals surface area contributed by atoms with Gasteiger partial charge in [0.1, 0.15) is 0 Å². The van der Waals surface area contributed by atoms with Crippen LogP contribution in [0.3, 0.4) is 0 Å². The predicted molar refractivity (Wildman–Crippen MR) is 48.2 cm³/mol. The van der Waals surface area contributed by atoms with Gasteiger partial charge in [-0.1, -0.05) is 0 Å². The molecule has 0 atom stereocenters. The topological polar surface area (TPSA) is 180 Å². The molecule has 0 unspecified atom stereocenters. The van der Waals surface area contributed by atoms with Crippen molar-refractivity contribution in [1.29, 1.82) is 0 Å². The normalized spacial score (nSPS) is 10.8. The summed E-state index contributed by atoms with van der Waals surface area (Å²) in [6, 6.07) is 0. The summed E-state index contributed by atoms with van der Waals surface area (Å²) in [6.45, 7) is 0. The Kier molecular flexibility index (Phi) is 2.45. The molecule has 2 heterocycles. The van der Waals surface area contributed by atoms with Gasteiger partial charge in [-0.15, -0.1) is 51.0 Å². The lowest BCUT2D eigenvalue weighted by Gasteiger charge is -1.89. The molecule has 0 spiro atoms. The summed E-state index contributed by atoms with van der Waals surface area (Å²) in [5.41, 5.74) is 10.3. The third-order valence-corrected chi connectivity index (χ3v) is 1.20. The fourth-order valence-electron chi connectivity index (χ4n) is 0.633. The third kappa shape index (κ3) is 2.31. The van der Waals surface area contributed by atoms with Crippen molar-refractivity contribution < 1.29 is 0 Å². The van der Waals surface area contributed by atoms with E-state index in [1.807, 2.05) is 0 Å². The van der Waals surface area contributed by atoms with Crippen molar-refractivity contribution in [2.24, 2.45) is 10.2 Å². The first-order valence-electron chi connectivity index (χ1n) is 3.81. The molecule has 2 rings (SSSR count). The Hall–Kier alpha value is -2.92. The van der Waals surface area contributed by atoms with Crippen molar-refractivity contribution in [3.63, 3.8) is 0 Å². The van der Waals surface area contributed by atoms with Gasteiger partial charge < -0.3 is 11.5 Å². The van der Waals surface area contributed by atoms with Gasteiger partial charge in [0.2, 0.25) is 0 Å². The summed E-state index contributed by atoms with van der Waals surface area (Å²) in [4.78, 5) is 0. The summed E-state index contributed by atoms with van der Waals surface area (Å²) >= 11 is 0. The van der Waals surface area contributed by atoms with E-state index in [1.165, 1.54) is 0 Å². The van der Waals surface area contributed by atoms with Crippen LogP contribution in [0.5, 0.6) is 0 Å². The highest BCUT2D eigenvalue weighted by molar-refractivity contribution is 5.17. The van der Waals surface area contributed by atoms with Crippen LogP contribution in [0.25, 0.3) is 0 Å². The number of azo groups is 1. The van der Waals surface area contributed by atoms with E-state index in [2.05, 4.69) is 51.0 Å². The molecule has 80 valence electrons. The number of rotatable bonds is 2. The summed E-state index contributed by atoms with van der Waals surface area (Å²) in [6.07, 6.45) is 0. The predicted octanol–water partition coefficient (Wildman–Crippen LogP) is -1.57. The highest BCUT2D eigenvalue weighted by Crippen LogP contribution is 2.05. The minimum Gasteiger partial charge on any atom is -0.365 e. The van der Waals surface area contributed by atoms with Crippen molar-refractivity contribution in [2.75, 3.05) is 11.5 Å². The van der Waals surface area contributed by atoms with E-state index in [0.29, 0.717) is 0 Å². The maximum Gasteiger partial charge on any atom is 0.306 e. The number of nitrogen functional groups attached to an aromatic ring is 2. The van der Waals surface area contributed by atoms with Gasteiger partial charge in [-0.25, -0.2) is 0 Å². The second-order valence-corrected chi connectivity index (χ2v) is 2.32. The number of anilines is 2. The fourth-order valence-corrected chi connectivity index (χ4v) is 0.633. The maximum atomic E-state index is 5.17. The smallest absolute Gasteiger partial charge is 0.306 e. The van der Waals surface area contributed by atoms with Crippen LogP contribution in [0.2, 0.25) is 0 Å². The highest BCUT2D eigenvalue weighted by Gasteiger charge is 1.98. The summed E-state index contributed by atoms with van der Waals surface area (Å²) in [5, 5.41) is 34.6. The average Bonchev–Trinajstić information content (AvgIpc) is 2.30. The quantitative estimate of drug-likeness (QED) is 0.560. The molecule has 12 heteroatoms. The molecule has 0 aliphatic rings. The lowest BCUT2D eigenvalue weighted by molar-refractivity contribution is 0.827. The van der Waals surface area contributed by atoms with Crippen molar-refractivity contribution in [2.45, 2.75) is 0 Å². The Morgan fingerprint density at radius 2 is 0.875 bits per heavy atom. The summed E-state index contributed by atoms with van der Waals surface area (Å²) in [7, 11) is 0. The third-order valence-electron chi connectivity index (χ3n) is 1.20. The second-order valence-electron chi connectivity index (χ2n) is 2.32. The lowest BCUT2D eigenvalue weighted by atomic mass is 11.0. The molecule has 16 heavy (non-hydrogen) atoms. The first-order valence-corrected chi connectivity index (χ1v) is 3.81. The number of hydrogen-bond acceptors (Lipinski definition) is 12. The minimum absolute atomic E-state index is 0.0639. The molecule has 0 bridgehead atoms. The van der Waals surface area contributed by atoms with Crippen LogP contribution in [0.4, 0.5) is 23.8 Å². The standard InChI is InChI=1S/C4H4N12/c5-1-7-11-3(12-8-1)15-16-4-13-9-2(6)10-14-4/h(H2,5,7,8)(H2,6,9,10)/b16-15+. The zero-order valence-corrected chi connectivity index (χ0v) is 7.63. The zero-order chi connectivity index (χ0) is 11.4. The van der Waals surface area contributed by atoms with Gasteiger partial charge in [-0.3, -0.25) is 0 Å². The van der Waals surface area contributed by atoms with Crippen LogP contribution in [-0.2, 0) is 0 Å². The first-order chi connectivity index (χ1) is 7.74. The van der Waals surface area contributed by atoms with Crippen LogP contribution >= 0.6 is 0 Å². The molecule has 0 aromatic carbocycles. The molecular formula is C4H4N12. The lowest BCUT2D eigenvalue weighted by Crippen LogP contribution is -1.99. The maximum absolute atomic E-state index is 5.17. The van der Waals surface area contributed by atoms with Gasteiger partial charge in [0.15, 0.2) is 0 Å². The van der Waals surface area contributed by atoms with E-state index in [0.717, 1.165) is 0 Å². The Balaban J connectivity index is 2.15. The summed E-state index contributed by atoms with van der Waals surface area (Å²) in [5.74, 6) is -0.304. The van der Waals surface area contributed by atoms with Crippen LogP contribution in [0, 0.1) is 0 Å². The van der Waals surface area contributed by atoms with Crippen LogP contribution in [-0.4, -0.2) is 40.8 Å². The second kappa shape index (κ2) is 4.07. The molecule has 2 aromatic rings. The van der Waals surface area contributed by atoms with Crippen LogP contribution in [0.1, 0.15) is 0 Å². The van der Waals surface area contributed by atoms with E-state index in [4.69, 9.17) is 11.5 Å². The molecule has 4 N–H and O–H groups in total. The van der Waals surface area contributed by atoms with Gasteiger partial charge >= 0.3 is 11.9 Å². The molecule has 2 aromatic heterocycles. The molecule has 0 saturated heterocycles. The Labute approximate surface area is 87.2 Å². The van der Waals surface area contributed by atoms with Gasteiger partial charge in [-0.05, 0) is 0 Å². The highest BCUT2D eigenvalue weighted by atomic mass is 15.4. The zero-order valence-electron chi connectivity index (χ0n) is 7.63. The van der Waals surface area contributed by atoms with Gasteiger partial charge in [0.25, 0.3) is 11.9 Å². The van der Waals surface area contributed by atoms with E-state index >= 15 is 0 Å². The van der Waals surface area contributed by atoms with Gasteiger partial charge in [-0.2, -0.15) is 0 Å². The SMILES string of the molecule is Nc1nnc(/N=N/c2nnc(N)nn2)nn1. The minimum atomic E-state index is -0.0883. The van der Waals surface area contributed by atoms with E-state index in [1.54, 1.807) is 0 Å². The van der Waals surface area contributed by atoms with Crippen molar-refractivity contribution in [1.82, 2.24) is 40.8 Å².